The summed E-state index contributed by atoms with van der Waals surface area (Å²) in [7, 11) is -3.60. The fraction of sp³-hybridized carbons (Fsp3) is 0.333. The van der Waals surface area contributed by atoms with Crippen LogP contribution in [0.4, 0.5) is 0 Å². The van der Waals surface area contributed by atoms with Crippen LogP contribution < -0.4 is 10.5 Å². The van der Waals surface area contributed by atoms with Crippen LogP contribution in [0.25, 0.3) is 0 Å². The van der Waals surface area contributed by atoms with Gasteiger partial charge in [-0.05, 0) is 24.5 Å². The monoisotopic (exact) mass is 308 g/mol. The van der Waals surface area contributed by atoms with Crippen molar-refractivity contribution >= 4 is 10.0 Å². The number of nitrogens with one attached hydrogen (secondary N) is 1. The maximum absolute atomic E-state index is 12.3. The van der Waals surface area contributed by atoms with Gasteiger partial charge < -0.3 is 10.2 Å². The Morgan fingerprint density at radius 1 is 1.24 bits per heavy atom. The van der Waals surface area contributed by atoms with Gasteiger partial charge >= 0.3 is 0 Å². The zero-order chi connectivity index (χ0) is 15.5. The van der Waals surface area contributed by atoms with Gasteiger partial charge in [-0.25, -0.2) is 13.1 Å². The third-order valence-electron chi connectivity index (χ3n) is 3.37. The standard InChI is InChI=1S/C15H20N2O3S/c1-3-12-6-4-5-7-13(12)10-17-21(18,19)15-8-14(9-16)20-11(15)2/h4-8,17H,3,9-10,16H2,1-2H3. The van der Waals surface area contributed by atoms with Crippen molar-refractivity contribution in [2.45, 2.75) is 38.3 Å². The van der Waals surface area contributed by atoms with Crippen molar-refractivity contribution in [3.05, 3.63) is 53.0 Å². The van der Waals surface area contributed by atoms with Gasteiger partial charge in [0.2, 0.25) is 10.0 Å². The number of sulfonamides is 1. The van der Waals surface area contributed by atoms with E-state index in [0.29, 0.717) is 11.5 Å². The SMILES string of the molecule is CCc1ccccc1CNS(=O)(=O)c1cc(CN)oc1C. The summed E-state index contributed by atoms with van der Waals surface area (Å²) in [5.74, 6) is 0.813. The van der Waals surface area contributed by atoms with Crippen LogP contribution in [0.15, 0.2) is 39.6 Å². The molecule has 0 saturated carbocycles. The summed E-state index contributed by atoms with van der Waals surface area (Å²) < 4.78 is 32.6. The number of nitrogens with two attached hydrogens (primary N) is 1. The summed E-state index contributed by atoms with van der Waals surface area (Å²) in [5, 5.41) is 0. The van der Waals surface area contributed by atoms with Gasteiger partial charge in [-0.2, -0.15) is 0 Å². The molecule has 0 radical (unpaired) electrons. The van der Waals surface area contributed by atoms with Crippen molar-refractivity contribution in [3.8, 4) is 0 Å². The van der Waals surface area contributed by atoms with E-state index in [-0.39, 0.29) is 18.0 Å². The summed E-state index contributed by atoms with van der Waals surface area (Å²) in [5.41, 5.74) is 7.58. The molecule has 2 aromatic rings. The molecule has 0 fully saturated rings. The lowest BCUT2D eigenvalue weighted by molar-refractivity contribution is 0.478. The van der Waals surface area contributed by atoms with Gasteiger partial charge in [0.25, 0.3) is 0 Å². The Labute approximate surface area is 125 Å². The molecule has 0 aliphatic heterocycles. The second-order valence-corrected chi connectivity index (χ2v) is 6.52. The van der Waals surface area contributed by atoms with Gasteiger partial charge in [-0.15, -0.1) is 0 Å². The number of hydrogen-bond acceptors (Lipinski definition) is 4. The van der Waals surface area contributed by atoms with Crippen molar-refractivity contribution in [3.63, 3.8) is 0 Å². The molecule has 0 unspecified atom stereocenters. The van der Waals surface area contributed by atoms with E-state index < -0.39 is 10.0 Å². The van der Waals surface area contributed by atoms with Crippen LogP contribution in [-0.2, 0) is 29.5 Å². The molecule has 1 aromatic heterocycles. The topological polar surface area (TPSA) is 85.3 Å². The Kier molecular flexibility index (Phi) is 4.82. The van der Waals surface area contributed by atoms with Crippen LogP contribution >= 0.6 is 0 Å². The van der Waals surface area contributed by atoms with Gasteiger partial charge in [-0.1, -0.05) is 31.2 Å². The van der Waals surface area contributed by atoms with E-state index in [0.717, 1.165) is 17.5 Å². The Hall–Kier alpha value is -1.63. The van der Waals surface area contributed by atoms with Crippen molar-refractivity contribution < 1.29 is 12.8 Å². The highest BCUT2D eigenvalue weighted by molar-refractivity contribution is 7.89. The van der Waals surface area contributed by atoms with Crippen LogP contribution in [0.2, 0.25) is 0 Å². The molecule has 5 nitrogen and oxygen atoms in total. The Bertz CT molecular complexity index is 720. The van der Waals surface area contributed by atoms with Crippen molar-refractivity contribution in [1.82, 2.24) is 4.72 Å². The first kappa shape index (κ1) is 15.8. The van der Waals surface area contributed by atoms with E-state index in [9.17, 15) is 8.42 Å². The maximum atomic E-state index is 12.3. The quantitative estimate of drug-likeness (QED) is 0.855. The average Bonchev–Trinajstić information content (AvgIpc) is 2.87. The molecule has 114 valence electrons. The van der Waals surface area contributed by atoms with Gasteiger partial charge in [0, 0.05) is 12.6 Å². The maximum Gasteiger partial charge on any atom is 0.244 e. The third kappa shape index (κ3) is 3.53. The van der Waals surface area contributed by atoms with E-state index >= 15 is 0 Å². The molecule has 0 aliphatic rings. The normalized spacial score (nSPS) is 11.8. The summed E-state index contributed by atoms with van der Waals surface area (Å²) in [6, 6.07) is 9.25. The molecule has 0 saturated heterocycles. The fourth-order valence-corrected chi connectivity index (χ4v) is 3.42. The molecular formula is C15H20N2O3S. The van der Waals surface area contributed by atoms with E-state index in [1.807, 2.05) is 31.2 Å². The molecule has 0 bridgehead atoms. The van der Waals surface area contributed by atoms with Crippen LogP contribution in [0.5, 0.6) is 0 Å². The van der Waals surface area contributed by atoms with Crippen LogP contribution in [-0.4, -0.2) is 8.42 Å². The Morgan fingerprint density at radius 2 is 1.90 bits per heavy atom. The zero-order valence-corrected chi connectivity index (χ0v) is 13.0. The summed E-state index contributed by atoms with van der Waals surface area (Å²) in [6.45, 7) is 4.10. The molecule has 0 amide bonds. The Balaban J connectivity index is 2.20. The number of rotatable bonds is 6. The minimum absolute atomic E-state index is 0.150. The smallest absolute Gasteiger partial charge is 0.244 e. The highest BCUT2D eigenvalue weighted by Crippen LogP contribution is 2.20. The third-order valence-corrected chi connectivity index (χ3v) is 4.87. The largest absolute Gasteiger partial charge is 0.464 e. The first-order chi connectivity index (χ1) is 9.97. The zero-order valence-electron chi connectivity index (χ0n) is 12.2. The molecule has 0 spiro atoms. The molecule has 1 heterocycles. The molecule has 3 N–H and O–H groups in total. The van der Waals surface area contributed by atoms with Crippen molar-refractivity contribution in [1.29, 1.82) is 0 Å². The summed E-state index contributed by atoms with van der Waals surface area (Å²) in [4.78, 5) is 0.150. The highest BCUT2D eigenvalue weighted by atomic mass is 32.2. The number of benzene rings is 1. The lowest BCUT2D eigenvalue weighted by Gasteiger charge is -2.09. The summed E-state index contributed by atoms with van der Waals surface area (Å²) >= 11 is 0. The number of aryl methyl sites for hydroxylation is 2. The predicted molar refractivity (Wildman–Crippen MR) is 81.2 cm³/mol. The van der Waals surface area contributed by atoms with Gasteiger partial charge in [-0.3, -0.25) is 0 Å². The lowest BCUT2D eigenvalue weighted by atomic mass is 10.1. The van der Waals surface area contributed by atoms with Crippen LogP contribution in [0.3, 0.4) is 0 Å². The van der Waals surface area contributed by atoms with E-state index in [1.165, 1.54) is 6.07 Å². The van der Waals surface area contributed by atoms with E-state index in [1.54, 1.807) is 6.92 Å². The highest BCUT2D eigenvalue weighted by Gasteiger charge is 2.21. The predicted octanol–water partition coefficient (Wildman–Crippen LogP) is 2.09. The second kappa shape index (κ2) is 6.43. The molecular weight excluding hydrogens is 288 g/mol. The first-order valence-electron chi connectivity index (χ1n) is 6.83. The van der Waals surface area contributed by atoms with Gasteiger partial charge in [0.15, 0.2) is 0 Å². The lowest BCUT2D eigenvalue weighted by Crippen LogP contribution is -2.24. The number of hydrogen-bond donors (Lipinski definition) is 2. The molecule has 1 aromatic carbocycles. The Morgan fingerprint density at radius 3 is 2.48 bits per heavy atom. The molecule has 2 rings (SSSR count). The van der Waals surface area contributed by atoms with E-state index in [4.69, 9.17) is 10.2 Å². The van der Waals surface area contributed by atoms with Gasteiger partial charge in [0.05, 0.1) is 6.54 Å². The van der Waals surface area contributed by atoms with Gasteiger partial charge in [0.1, 0.15) is 16.4 Å². The second-order valence-electron chi connectivity index (χ2n) is 4.78. The van der Waals surface area contributed by atoms with Crippen LogP contribution in [0.1, 0.15) is 29.6 Å². The van der Waals surface area contributed by atoms with Crippen molar-refractivity contribution in [2.75, 3.05) is 0 Å². The number of furan rings is 1. The first-order valence-corrected chi connectivity index (χ1v) is 8.32. The average molecular weight is 308 g/mol. The van der Waals surface area contributed by atoms with Crippen LogP contribution in [0, 0.1) is 6.92 Å². The minimum Gasteiger partial charge on any atom is -0.464 e. The molecule has 6 heteroatoms. The minimum atomic E-state index is -3.60. The molecule has 0 atom stereocenters. The van der Waals surface area contributed by atoms with Crippen molar-refractivity contribution in [2.24, 2.45) is 5.73 Å². The molecule has 0 aliphatic carbocycles. The fourth-order valence-electron chi connectivity index (χ4n) is 2.22. The van der Waals surface area contributed by atoms with E-state index in [2.05, 4.69) is 4.72 Å². The molecule has 21 heavy (non-hydrogen) atoms. The summed E-state index contributed by atoms with van der Waals surface area (Å²) in [6.07, 6.45) is 0.861.